The Morgan fingerprint density at radius 1 is 1.12 bits per heavy atom. The first kappa shape index (κ1) is 15.1. The number of aromatic nitrogens is 3. The second kappa shape index (κ2) is 5.91. The number of nitrogens with one attached hydrogen (secondary N) is 2. The molecule has 124 valence electrons. The van der Waals surface area contributed by atoms with E-state index in [1.807, 2.05) is 30.3 Å². The summed E-state index contributed by atoms with van der Waals surface area (Å²) in [6.07, 6.45) is 2.38. The largest absolute Gasteiger partial charge is 0.393 e. The van der Waals surface area contributed by atoms with Crippen LogP contribution >= 0.6 is 0 Å². The van der Waals surface area contributed by atoms with Crippen LogP contribution in [-0.2, 0) is 0 Å². The maximum Gasteiger partial charge on any atom is 0.163 e. The van der Waals surface area contributed by atoms with Gasteiger partial charge in [0.05, 0.1) is 11.5 Å². The Bertz CT molecular complexity index is 872. The van der Waals surface area contributed by atoms with E-state index < -0.39 is 0 Å². The molecule has 0 aliphatic heterocycles. The molecule has 5 heteroatoms. The summed E-state index contributed by atoms with van der Waals surface area (Å²) in [7, 11) is 0. The average Bonchev–Trinajstić information content (AvgIpc) is 3.11. The van der Waals surface area contributed by atoms with Crippen molar-refractivity contribution in [3.05, 3.63) is 41.6 Å². The molecule has 1 saturated carbocycles. The average molecular weight is 322 g/mol. The quantitative estimate of drug-likeness (QED) is 0.689. The first-order valence-corrected chi connectivity index (χ1v) is 8.48. The van der Waals surface area contributed by atoms with E-state index in [1.165, 1.54) is 5.56 Å². The van der Waals surface area contributed by atoms with Gasteiger partial charge in [-0.25, -0.2) is 9.97 Å². The summed E-state index contributed by atoms with van der Waals surface area (Å²) in [4.78, 5) is 12.9. The molecular formula is C19H22N4O. The third-order valence-corrected chi connectivity index (χ3v) is 4.93. The maximum absolute atomic E-state index is 9.80. The fourth-order valence-corrected chi connectivity index (χ4v) is 3.47. The number of hydrogen-bond donors (Lipinski definition) is 3. The number of nitrogens with zero attached hydrogens (tertiary/aromatic N) is 2. The molecule has 1 aliphatic rings. The van der Waals surface area contributed by atoms with Gasteiger partial charge in [0.15, 0.2) is 5.82 Å². The van der Waals surface area contributed by atoms with Crippen LogP contribution in [0.3, 0.4) is 0 Å². The molecule has 1 aromatic carbocycles. The van der Waals surface area contributed by atoms with Crippen molar-refractivity contribution < 1.29 is 5.11 Å². The summed E-state index contributed by atoms with van der Waals surface area (Å²) in [5, 5.41) is 14.4. The Labute approximate surface area is 141 Å². The zero-order valence-corrected chi connectivity index (χ0v) is 14.0. The monoisotopic (exact) mass is 322 g/mol. The lowest BCUT2D eigenvalue weighted by Gasteiger charge is -2.15. The van der Waals surface area contributed by atoms with E-state index in [1.54, 1.807) is 0 Å². The number of aromatic amines is 1. The molecule has 0 radical (unpaired) electrons. The SMILES string of the molecule is Cc1[nH]c2nc(-c3ccccc3)nc(N[C@H]3CC[C@@H](O)C3)c2c1C. The van der Waals surface area contributed by atoms with Crippen molar-refractivity contribution in [3.63, 3.8) is 0 Å². The summed E-state index contributed by atoms with van der Waals surface area (Å²) < 4.78 is 0. The zero-order chi connectivity index (χ0) is 16.7. The highest BCUT2D eigenvalue weighted by atomic mass is 16.3. The lowest BCUT2D eigenvalue weighted by molar-refractivity contribution is 0.182. The normalized spacial score (nSPS) is 20.6. The number of aliphatic hydroxyl groups is 1. The molecule has 1 aliphatic carbocycles. The lowest BCUT2D eigenvalue weighted by Crippen LogP contribution is -2.18. The summed E-state index contributed by atoms with van der Waals surface area (Å²) in [6, 6.07) is 10.3. The number of benzene rings is 1. The van der Waals surface area contributed by atoms with E-state index in [9.17, 15) is 5.11 Å². The Morgan fingerprint density at radius 3 is 2.62 bits per heavy atom. The third-order valence-electron chi connectivity index (χ3n) is 4.93. The van der Waals surface area contributed by atoms with Crippen LogP contribution in [0.15, 0.2) is 30.3 Å². The van der Waals surface area contributed by atoms with E-state index in [4.69, 9.17) is 9.97 Å². The number of rotatable bonds is 3. The molecule has 2 atom stereocenters. The van der Waals surface area contributed by atoms with Crippen LogP contribution in [0.25, 0.3) is 22.4 Å². The van der Waals surface area contributed by atoms with Crippen LogP contribution < -0.4 is 5.32 Å². The van der Waals surface area contributed by atoms with Gasteiger partial charge in [0.25, 0.3) is 0 Å². The van der Waals surface area contributed by atoms with Gasteiger partial charge in [-0.15, -0.1) is 0 Å². The molecular weight excluding hydrogens is 300 g/mol. The van der Waals surface area contributed by atoms with E-state index in [2.05, 4.69) is 24.1 Å². The number of anilines is 1. The van der Waals surface area contributed by atoms with Crippen molar-refractivity contribution in [2.45, 2.75) is 45.3 Å². The van der Waals surface area contributed by atoms with Crippen molar-refractivity contribution in [2.75, 3.05) is 5.32 Å². The third kappa shape index (κ3) is 2.65. The molecule has 0 unspecified atom stereocenters. The Morgan fingerprint density at radius 2 is 1.92 bits per heavy atom. The predicted molar refractivity (Wildman–Crippen MR) is 96.1 cm³/mol. The molecule has 2 heterocycles. The van der Waals surface area contributed by atoms with Gasteiger partial charge in [-0.05, 0) is 38.7 Å². The van der Waals surface area contributed by atoms with Crippen LogP contribution in [0.2, 0.25) is 0 Å². The number of hydrogen-bond acceptors (Lipinski definition) is 4. The maximum atomic E-state index is 9.80. The van der Waals surface area contributed by atoms with E-state index in [0.29, 0.717) is 5.82 Å². The first-order chi connectivity index (χ1) is 11.6. The fourth-order valence-electron chi connectivity index (χ4n) is 3.47. The van der Waals surface area contributed by atoms with Crippen LogP contribution in [0, 0.1) is 13.8 Å². The van der Waals surface area contributed by atoms with Crippen molar-refractivity contribution in [1.29, 1.82) is 0 Å². The highest BCUT2D eigenvalue weighted by molar-refractivity contribution is 5.92. The molecule has 0 saturated heterocycles. The molecule has 1 fully saturated rings. The molecule has 5 nitrogen and oxygen atoms in total. The first-order valence-electron chi connectivity index (χ1n) is 8.48. The number of H-pyrrole nitrogens is 1. The molecule has 3 N–H and O–H groups in total. The topological polar surface area (TPSA) is 73.8 Å². The van der Waals surface area contributed by atoms with E-state index in [0.717, 1.165) is 47.4 Å². The number of fused-ring (bicyclic) bond motifs is 1. The molecule has 4 rings (SSSR count). The van der Waals surface area contributed by atoms with Gasteiger partial charge in [-0.2, -0.15) is 0 Å². The summed E-state index contributed by atoms with van der Waals surface area (Å²) in [5.74, 6) is 1.57. The van der Waals surface area contributed by atoms with Crippen molar-refractivity contribution in [1.82, 2.24) is 15.0 Å². The van der Waals surface area contributed by atoms with Gasteiger partial charge in [-0.3, -0.25) is 0 Å². The molecule has 0 amide bonds. The Balaban J connectivity index is 1.82. The fraction of sp³-hybridized carbons (Fsp3) is 0.368. The molecule has 0 spiro atoms. The minimum absolute atomic E-state index is 0.206. The van der Waals surface area contributed by atoms with Crippen molar-refractivity contribution >= 4 is 16.9 Å². The lowest BCUT2D eigenvalue weighted by atomic mass is 10.1. The highest BCUT2D eigenvalue weighted by Crippen LogP contribution is 2.31. The van der Waals surface area contributed by atoms with Crippen molar-refractivity contribution in [2.24, 2.45) is 0 Å². The zero-order valence-electron chi connectivity index (χ0n) is 14.0. The number of aryl methyl sites for hydroxylation is 2. The van der Waals surface area contributed by atoms with Crippen LogP contribution in [0.1, 0.15) is 30.5 Å². The number of aliphatic hydroxyl groups excluding tert-OH is 1. The van der Waals surface area contributed by atoms with E-state index in [-0.39, 0.29) is 12.1 Å². The van der Waals surface area contributed by atoms with Gasteiger partial charge >= 0.3 is 0 Å². The van der Waals surface area contributed by atoms with Gasteiger partial charge in [0.1, 0.15) is 11.5 Å². The summed E-state index contributed by atoms with van der Waals surface area (Å²) >= 11 is 0. The Kier molecular flexibility index (Phi) is 3.73. The van der Waals surface area contributed by atoms with Gasteiger partial charge < -0.3 is 15.4 Å². The molecule has 2 aromatic heterocycles. The van der Waals surface area contributed by atoms with Crippen LogP contribution in [-0.4, -0.2) is 32.2 Å². The minimum atomic E-state index is -0.206. The second-order valence-electron chi connectivity index (χ2n) is 6.67. The second-order valence-corrected chi connectivity index (χ2v) is 6.67. The van der Waals surface area contributed by atoms with Gasteiger partial charge in [-0.1, -0.05) is 30.3 Å². The molecule has 0 bridgehead atoms. The van der Waals surface area contributed by atoms with Crippen LogP contribution in [0.4, 0.5) is 5.82 Å². The minimum Gasteiger partial charge on any atom is -0.393 e. The predicted octanol–water partition coefficient (Wildman–Crippen LogP) is 3.57. The highest BCUT2D eigenvalue weighted by Gasteiger charge is 2.24. The van der Waals surface area contributed by atoms with Crippen molar-refractivity contribution in [3.8, 4) is 11.4 Å². The van der Waals surface area contributed by atoms with Crippen LogP contribution in [0.5, 0.6) is 0 Å². The molecule has 3 aromatic rings. The van der Waals surface area contributed by atoms with Gasteiger partial charge in [0, 0.05) is 17.3 Å². The van der Waals surface area contributed by atoms with E-state index >= 15 is 0 Å². The van der Waals surface area contributed by atoms with Gasteiger partial charge in [0.2, 0.25) is 0 Å². The smallest absolute Gasteiger partial charge is 0.163 e. The summed E-state index contributed by atoms with van der Waals surface area (Å²) in [6.45, 7) is 4.15. The Hall–Kier alpha value is -2.40. The standard InChI is InChI=1S/C19H22N4O/c1-11-12(2)20-18-16(11)19(21-14-8-9-15(24)10-14)23-17(22-18)13-6-4-3-5-7-13/h3-7,14-15,24H,8-10H2,1-2H3,(H2,20,21,22,23)/t14-,15+/m0/s1. The summed E-state index contributed by atoms with van der Waals surface area (Å²) in [5.41, 5.74) is 4.14. The molecule has 24 heavy (non-hydrogen) atoms.